The number of benzene rings is 1. The van der Waals surface area contributed by atoms with E-state index in [2.05, 4.69) is 24.1 Å². The lowest BCUT2D eigenvalue weighted by molar-refractivity contribution is 0.192. The molecule has 1 unspecified atom stereocenters. The Hall–Kier alpha value is -1.13. The van der Waals surface area contributed by atoms with Crippen LogP contribution >= 0.6 is 0 Å². The number of nitrogens with one attached hydrogen (secondary N) is 1. The summed E-state index contributed by atoms with van der Waals surface area (Å²) in [6, 6.07) is 5.86. The first-order chi connectivity index (χ1) is 10.1. The molecule has 1 fully saturated rings. The van der Waals surface area contributed by atoms with Gasteiger partial charge >= 0.3 is 0 Å². The lowest BCUT2D eigenvalue weighted by Gasteiger charge is -2.33. The first-order valence-corrected chi connectivity index (χ1v) is 7.96. The molecule has 0 amide bonds. The van der Waals surface area contributed by atoms with Gasteiger partial charge in [-0.05, 0) is 63.5 Å². The van der Waals surface area contributed by atoms with E-state index in [1.165, 1.54) is 52.1 Å². The third-order valence-corrected chi connectivity index (χ3v) is 4.29. The first-order valence-electron chi connectivity index (χ1n) is 7.96. The lowest BCUT2D eigenvalue weighted by Crippen LogP contribution is -2.43. The summed E-state index contributed by atoms with van der Waals surface area (Å²) >= 11 is 0. The molecule has 1 atom stereocenters. The summed E-state index contributed by atoms with van der Waals surface area (Å²) in [5.74, 6) is 0.0141. The molecule has 0 saturated carbocycles. The average molecular weight is 294 g/mol. The summed E-state index contributed by atoms with van der Waals surface area (Å²) in [6.07, 6.45) is 3.59. The van der Waals surface area contributed by atoms with Crippen molar-refractivity contribution >= 4 is 0 Å². The largest absolute Gasteiger partial charge is 0.494 e. The quantitative estimate of drug-likeness (QED) is 0.870. The molecular formula is C17H27FN2O. The molecule has 4 heteroatoms. The molecule has 21 heavy (non-hydrogen) atoms. The highest BCUT2D eigenvalue weighted by molar-refractivity contribution is 5.32. The van der Waals surface area contributed by atoms with Gasteiger partial charge in [-0.2, -0.15) is 0 Å². The second-order valence-electron chi connectivity index (χ2n) is 5.90. The number of piperidine rings is 1. The van der Waals surface area contributed by atoms with Crippen LogP contribution < -0.4 is 10.1 Å². The van der Waals surface area contributed by atoms with Gasteiger partial charge in [-0.25, -0.2) is 4.39 Å². The van der Waals surface area contributed by atoms with E-state index in [0.29, 0.717) is 11.8 Å². The highest BCUT2D eigenvalue weighted by Gasteiger charge is 2.20. The molecule has 1 saturated heterocycles. The Labute approximate surface area is 127 Å². The molecule has 3 nitrogen and oxygen atoms in total. The smallest absolute Gasteiger partial charge is 0.165 e. The van der Waals surface area contributed by atoms with Crippen molar-refractivity contribution in [3.05, 3.63) is 29.6 Å². The number of hydrogen-bond acceptors (Lipinski definition) is 3. The standard InChI is InChI=1S/C17H27FN2O/c1-4-9-20-10-7-15(8-11-20)19-13(2)14-5-6-16(18)17(12-14)21-3/h5-6,12-13,15,19H,4,7-11H2,1-3H3. The maximum atomic E-state index is 13.5. The van der Waals surface area contributed by atoms with Crippen LogP contribution in [0, 0.1) is 5.82 Å². The molecule has 1 aliphatic rings. The Kier molecular flexibility index (Phi) is 6.00. The van der Waals surface area contributed by atoms with Crippen molar-refractivity contribution < 1.29 is 9.13 Å². The topological polar surface area (TPSA) is 24.5 Å². The number of nitrogens with zero attached hydrogens (tertiary/aromatic N) is 1. The molecule has 1 heterocycles. The molecular weight excluding hydrogens is 267 g/mol. The van der Waals surface area contributed by atoms with E-state index in [9.17, 15) is 4.39 Å². The fraction of sp³-hybridized carbons (Fsp3) is 0.647. The number of ether oxygens (including phenoxy) is 1. The Morgan fingerprint density at radius 1 is 1.38 bits per heavy atom. The Balaban J connectivity index is 1.88. The monoisotopic (exact) mass is 294 g/mol. The van der Waals surface area contributed by atoms with E-state index in [1.807, 2.05) is 6.07 Å². The summed E-state index contributed by atoms with van der Waals surface area (Å²) in [7, 11) is 1.50. The second-order valence-corrected chi connectivity index (χ2v) is 5.90. The third kappa shape index (κ3) is 4.42. The van der Waals surface area contributed by atoms with Crippen LogP contribution in [0.3, 0.4) is 0 Å². The summed E-state index contributed by atoms with van der Waals surface area (Å²) in [4.78, 5) is 2.53. The van der Waals surface area contributed by atoms with E-state index >= 15 is 0 Å². The van der Waals surface area contributed by atoms with Crippen LogP contribution in [0.25, 0.3) is 0 Å². The zero-order valence-corrected chi connectivity index (χ0v) is 13.4. The predicted molar refractivity (Wildman–Crippen MR) is 84.3 cm³/mol. The van der Waals surface area contributed by atoms with Gasteiger partial charge in [0.2, 0.25) is 0 Å². The molecule has 0 radical (unpaired) electrons. The molecule has 1 aromatic carbocycles. The molecule has 2 rings (SSSR count). The van der Waals surface area contributed by atoms with E-state index in [1.54, 1.807) is 6.07 Å². The Bertz CT molecular complexity index is 444. The van der Waals surface area contributed by atoms with Crippen LogP contribution in [0.15, 0.2) is 18.2 Å². The van der Waals surface area contributed by atoms with Gasteiger partial charge in [-0.15, -0.1) is 0 Å². The van der Waals surface area contributed by atoms with Crippen LogP contribution in [0.2, 0.25) is 0 Å². The number of halogens is 1. The van der Waals surface area contributed by atoms with Crippen molar-refractivity contribution in [2.75, 3.05) is 26.7 Å². The van der Waals surface area contributed by atoms with Crippen molar-refractivity contribution in [3.63, 3.8) is 0 Å². The number of likely N-dealkylation sites (tertiary alicyclic amines) is 1. The van der Waals surface area contributed by atoms with Crippen molar-refractivity contribution in [1.29, 1.82) is 0 Å². The van der Waals surface area contributed by atoms with Crippen molar-refractivity contribution in [2.24, 2.45) is 0 Å². The summed E-state index contributed by atoms with van der Waals surface area (Å²) < 4.78 is 18.5. The molecule has 0 aliphatic carbocycles. The molecule has 1 aromatic rings. The average Bonchev–Trinajstić information content (AvgIpc) is 2.50. The van der Waals surface area contributed by atoms with E-state index in [0.717, 1.165) is 5.56 Å². The molecule has 0 bridgehead atoms. The number of methoxy groups -OCH3 is 1. The maximum Gasteiger partial charge on any atom is 0.165 e. The van der Waals surface area contributed by atoms with Gasteiger partial charge in [0.25, 0.3) is 0 Å². The van der Waals surface area contributed by atoms with E-state index in [4.69, 9.17) is 4.74 Å². The fourth-order valence-corrected chi connectivity index (χ4v) is 3.03. The summed E-state index contributed by atoms with van der Waals surface area (Å²) in [5, 5.41) is 3.66. The highest BCUT2D eigenvalue weighted by atomic mass is 19.1. The Morgan fingerprint density at radius 3 is 2.71 bits per heavy atom. The molecule has 1 N–H and O–H groups in total. The zero-order valence-electron chi connectivity index (χ0n) is 13.4. The molecule has 0 spiro atoms. The van der Waals surface area contributed by atoms with Crippen LogP contribution in [0.4, 0.5) is 4.39 Å². The van der Waals surface area contributed by atoms with Gasteiger partial charge in [0.15, 0.2) is 11.6 Å². The van der Waals surface area contributed by atoms with Crippen LogP contribution in [-0.2, 0) is 0 Å². The summed E-state index contributed by atoms with van der Waals surface area (Å²) in [5.41, 5.74) is 1.07. The van der Waals surface area contributed by atoms with Gasteiger partial charge in [0, 0.05) is 12.1 Å². The highest BCUT2D eigenvalue weighted by Crippen LogP contribution is 2.24. The molecule has 1 aliphatic heterocycles. The molecule has 118 valence electrons. The maximum absolute atomic E-state index is 13.5. The molecule has 0 aromatic heterocycles. The van der Waals surface area contributed by atoms with Crippen LogP contribution in [-0.4, -0.2) is 37.7 Å². The van der Waals surface area contributed by atoms with Crippen LogP contribution in [0.5, 0.6) is 5.75 Å². The Morgan fingerprint density at radius 2 is 2.10 bits per heavy atom. The van der Waals surface area contributed by atoms with E-state index in [-0.39, 0.29) is 11.9 Å². The minimum Gasteiger partial charge on any atom is -0.494 e. The predicted octanol–water partition coefficient (Wildman–Crippen LogP) is 3.36. The van der Waals surface area contributed by atoms with E-state index < -0.39 is 0 Å². The van der Waals surface area contributed by atoms with Crippen molar-refractivity contribution in [3.8, 4) is 5.75 Å². The zero-order chi connectivity index (χ0) is 15.2. The number of hydrogen-bond donors (Lipinski definition) is 1. The first kappa shape index (κ1) is 16.2. The third-order valence-electron chi connectivity index (χ3n) is 4.29. The number of rotatable bonds is 6. The SMILES string of the molecule is CCCN1CCC(NC(C)c2ccc(F)c(OC)c2)CC1. The second kappa shape index (κ2) is 7.76. The van der Waals surface area contributed by atoms with Crippen molar-refractivity contribution in [2.45, 2.75) is 45.2 Å². The van der Waals surface area contributed by atoms with Crippen molar-refractivity contribution in [1.82, 2.24) is 10.2 Å². The minimum absolute atomic E-state index is 0.210. The van der Waals surface area contributed by atoms with Gasteiger partial charge in [-0.3, -0.25) is 0 Å². The normalized spacial score (nSPS) is 18.7. The van der Waals surface area contributed by atoms with Gasteiger partial charge in [0.05, 0.1) is 7.11 Å². The van der Waals surface area contributed by atoms with Gasteiger partial charge in [-0.1, -0.05) is 13.0 Å². The lowest BCUT2D eigenvalue weighted by atomic mass is 10.0. The fourth-order valence-electron chi connectivity index (χ4n) is 3.03. The van der Waals surface area contributed by atoms with Crippen LogP contribution in [0.1, 0.15) is 44.7 Å². The minimum atomic E-state index is -0.304. The summed E-state index contributed by atoms with van der Waals surface area (Å²) in [6.45, 7) is 7.91. The van der Waals surface area contributed by atoms with Gasteiger partial charge in [0.1, 0.15) is 0 Å². The van der Waals surface area contributed by atoms with Gasteiger partial charge < -0.3 is 15.0 Å².